The molecule has 2 aromatic carbocycles. The van der Waals surface area contributed by atoms with Gasteiger partial charge >= 0.3 is 0 Å². The Balaban J connectivity index is 0.000000178. The van der Waals surface area contributed by atoms with E-state index in [0.717, 1.165) is 66.3 Å². The molecule has 6 aliphatic rings. The first-order valence-electron chi connectivity index (χ1n) is 19.9. The second-order valence-corrected chi connectivity index (χ2v) is 17.7. The summed E-state index contributed by atoms with van der Waals surface area (Å²) in [5.74, 6) is -0.370. The van der Waals surface area contributed by atoms with Gasteiger partial charge in [0.2, 0.25) is 7.77 Å². The third kappa shape index (κ3) is 8.58. The van der Waals surface area contributed by atoms with Crippen molar-refractivity contribution in [3.05, 3.63) is 117 Å². The van der Waals surface area contributed by atoms with Crippen molar-refractivity contribution in [2.24, 2.45) is 33.9 Å². The molecule has 8 rings (SSSR count). The molecular weight excluding hydrogens is 794 g/mol. The SMILES string of the molecule is C=[P+](CCCC)OCCN(C)CCN1N=C2c3cccc(Cl)c3C(=O)C3C=CC=C1C23.CN(CCOC=O)CCN1N=C2c3cccc(Cl)c3C(=O)C3C=CC=C1C23. The first-order valence-corrected chi connectivity index (χ1v) is 22.3. The van der Waals surface area contributed by atoms with E-state index in [9.17, 15) is 14.4 Å². The highest BCUT2D eigenvalue weighted by Crippen LogP contribution is 2.46. The van der Waals surface area contributed by atoms with Crippen molar-refractivity contribution in [1.82, 2.24) is 19.8 Å². The number of unbranched alkanes of at least 4 members (excludes halogenated alkanes) is 1. The molecule has 0 amide bonds. The Morgan fingerprint density at radius 1 is 0.793 bits per heavy atom. The summed E-state index contributed by atoms with van der Waals surface area (Å²) in [5, 5.41) is 14.8. The van der Waals surface area contributed by atoms with Crippen LogP contribution in [-0.2, 0) is 14.1 Å². The fourth-order valence-corrected chi connectivity index (χ4v) is 9.96. The van der Waals surface area contributed by atoms with Crippen LogP contribution in [0, 0.1) is 23.7 Å². The maximum absolute atomic E-state index is 13.1. The van der Waals surface area contributed by atoms with E-state index in [1.807, 2.05) is 66.7 Å². The molecule has 0 bridgehead atoms. The van der Waals surface area contributed by atoms with Crippen LogP contribution in [0.5, 0.6) is 0 Å². The molecule has 5 atom stereocenters. The first kappa shape index (κ1) is 41.9. The number of halogens is 2. The van der Waals surface area contributed by atoms with Crippen LogP contribution in [0.2, 0.25) is 10.0 Å². The molecule has 4 aliphatic carbocycles. The minimum Gasteiger partial charge on any atom is -0.467 e. The highest BCUT2D eigenvalue weighted by molar-refractivity contribution is 7.50. The number of ether oxygens (including phenoxy) is 1. The van der Waals surface area contributed by atoms with Gasteiger partial charge in [-0.05, 0) is 44.8 Å². The predicted octanol–water partition coefficient (Wildman–Crippen LogP) is 7.17. The largest absolute Gasteiger partial charge is 0.467 e. The second-order valence-electron chi connectivity index (χ2n) is 15.2. The Kier molecular flexibility index (Phi) is 13.6. The molecule has 0 radical (unpaired) electrons. The van der Waals surface area contributed by atoms with Crippen LogP contribution in [0.15, 0.2) is 94.5 Å². The molecule has 0 saturated carbocycles. The molecule has 0 fully saturated rings. The van der Waals surface area contributed by atoms with Crippen LogP contribution < -0.4 is 0 Å². The third-order valence-corrected chi connectivity index (χ3v) is 13.4. The molecule has 58 heavy (non-hydrogen) atoms. The number of nitrogens with zero attached hydrogens (tertiary/aromatic N) is 6. The van der Waals surface area contributed by atoms with Crippen molar-refractivity contribution in [2.45, 2.75) is 19.8 Å². The van der Waals surface area contributed by atoms with Gasteiger partial charge in [-0.3, -0.25) is 24.4 Å². The summed E-state index contributed by atoms with van der Waals surface area (Å²) in [5.41, 5.74) is 6.93. The lowest BCUT2D eigenvalue weighted by Crippen LogP contribution is -2.37. The summed E-state index contributed by atoms with van der Waals surface area (Å²) in [7, 11) is 3.53. The lowest BCUT2D eigenvalue weighted by atomic mass is 9.71. The van der Waals surface area contributed by atoms with Crippen LogP contribution in [0.1, 0.15) is 51.6 Å². The number of carbonyl (C=O) groups excluding carboxylic acids is 3. The number of fused-ring (bicyclic) bond motifs is 4. The van der Waals surface area contributed by atoms with Crippen LogP contribution >= 0.6 is 31.0 Å². The van der Waals surface area contributed by atoms with Crippen LogP contribution in [-0.4, -0.2) is 128 Å². The molecule has 2 aliphatic heterocycles. The summed E-state index contributed by atoms with van der Waals surface area (Å²) >= 11 is 12.7. The van der Waals surface area contributed by atoms with Crippen molar-refractivity contribution in [3.8, 4) is 0 Å². The number of ketones is 2. The van der Waals surface area contributed by atoms with E-state index in [-0.39, 0.29) is 35.2 Å². The Labute approximate surface area is 351 Å². The van der Waals surface area contributed by atoms with E-state index in [1.165, 1.54) is 12.8 Å². The molecule has 2 aromatic rings. The van der Waals surface area contributed by atoms with Gasteiger partial charge in [0.05, 0.1) is 58.2 Å². The Morgan fingerprint density at radius 3 is 1.78 bits per heavy atom. The molecule has 0 N–H and O–H groups in total. The summed E-state index contributed by atoms with van der Waals surface area (Å²) in [6.45, 7) is 8.33. The van der Waals surface area contributed by atoms with E-state index >= 15 is 0 Å². The minimum atomic E-state index is -0.552. The van der Waals surface area contributed by atoms with Gasteiger partial charge in [0.25, 0.3) is 6.47 Å². The minimum absolute atomic E-state index is 0.00889. The fraction of sp³-hybridized carbons (Fsp3) is 0.409. The number of hydrogen-bond donors (Lipinski definition) is 0. The van der Waals surface area contributed by atoms with Crippen molar-refractivity contribution in [3.63, 3.8) is 0 Å². The lowest BCUT2D eigenvalue weighted by molar-refractivity contribution is -0.129. The van der Waals surface area contributed by atoms with Gasteiger partial charge in [-0.15, -0.1) is 0 Å². The van der Waals surface area contributed by atoms with Crippen molar-refractivity contribution < 1.29 is 23.6 Å². The zero-order chi connectivity index (χ0) is 40.9. The number of carbonyl (C=O) groups is 3. The van der Waals surface area contributed by atoms with Crippen LogP contribution in [0.4, 0.5) is 0 Å². The molecule has 0 saturated heterocycles. The van der Waals surface area contributed by atoms with Gasteiger partial charge in [0.15, 0.2) is 11.6 Å². The summed E-state index contributed by atoms with van der Waals surface area (Å²) in [4.78, 5) is 40.8. The molecule has 14 heteroatoms. The molecule has 304 valence electrons. The Morgan fingerprint density at radius 2 is 1.29 bits per heavy atom. The monoisotopic (exact) mass is 843 g/mol. The summed E-state index contributed by atoms with van der Waals surface area (Å²) in [6, 6.07) is 11.2. The molecular formula is C44H50Cl2N6O5P+. The first-order chi connectivity index (χ1) is 28.1. The Hall–Kier alpha value is -4.22. The highest BCUT2D eigenvalue weighted by atomic mass is 35.5. The van der Waals surface area contributed by atoms with Crippen LogP contribution in [0.3, 0.4) is 0 Å². The number of likely N-dealkylation sites (N-methyl/N-ethyl adjacent to an activating group) is 2. The van der Waals surface area contributed by atoms with E-state index in [0.29, 0.717) is 53.9 Å². The van der Waals surface area contributed by atoms with E-state index in [4.69, 9.17) is 42.7 Å². The van der Waals surface area contributed by atoms with Gasteiger partial charge in [0, 0.05) is 59.8 Å². The maximum atomic E-state index is 13.1. The van der Waals surface area contributed by atoms with Gasteiger partial charge < -0.3 is 14.5 Å². The Bertz CT molecular complexity index is 2150. The van der Waals surface area contributed by atoms with Crippen molar-refractivity contribution >= 4 is 66.7 Å². The quantitative estimate of drug-likeness (QED) is 0.0932. The van der Waals surface area contributed by atoms with Crippen molar-refractivity contribution in [1.29, 1.82) is 0 Å². The molecule has 5 unspecified atom stereocenters. The fourth-order valence-electron chi connectivity index (χ4n) is 8.28. The number of hydrogen-bond acceptors (Lipinski definition) is 11. The van der Waals surface area contributed by atoms with Gasteiger partial charge in [0.1, 0.15) is 25.7 Å². The number of benzene rings is 2. The number of Topliss-reactive ketones (excluding diaryl/α,β-unsaturated/α-hetero) is 2. The van der Waals surface area contributed by atoms with E-state index < -0.39 is 7.77 Å². The average Bonchev–Trinajstić information content (AvgIpc) is 3.79. The lowest BCUT2D eigenvalue weighted by Gasteiger charge is -2.31. The number of rotatable bonds is 17. The zero-order valence-corrected chi connectivity index (χ0v) is 35.6. The second kappa shape index (κ2) is 18.8. The normalized spacial score (nSPS) is 22.0. The van der Waals surface area contributed by atoms with Gasteiger partial charge in [-0.2, -0.15) is 14.7 Å². The molecule has 0 aromatic heterocycles. The zero-order valence-electron chi connectivity index (χ0n) is 33.2. The van der Waals surface area contributed by atoms with E-state index in [1.54, 1.807) is 12.1 Å². The summed E-state index contributed by atoms with van der Waals surface area (Å²) in [6.07, 6.45) is 19.6. The third-order valence-electron chi connectivity index (χ3n) is 11.4. The average molecular weight is 845 g/mol. The van der Waals surface area contributed by atoms with Gasteiger partial charge in [-0.25, -0.2) is 0 Å². The highest BCUT2D eigenvalue weighted by Gasteiger charge is 2.48. The predicted molar refractivity (Wildman–Crippen MR) is 233 cm³/mol. The number of hydrazone groups is 2. The number of allylic oxidation sites excluding steroid dienone is 8. The van der Waals surface area contributed by atoms with E-state index in [2.05, 4.69) is 41.2 Å². The molecule has 0 spiro atoms. The molecule has 11 nitrogen and oxygen atoms in total. The smallest absolute Gasteiger partial charge is 0.293 e. The maximum Gasteiger partial charge on any atom is 0.293 e. The molecule has 2 heterocycles. The van der Waals surface area contributed by atoms with Crippen molar-refractivity contribution in [2.75, 3.05) is 72.7 Å². The van der Waals surface area contributed by atoms with Crippen LogP contribution in [0.25, 0.3) is 0 Å². The topological polar surface area (TPSA) is 107 Å². The van der Waals surface area contributed by atoms with Gasteiger partial charge in [-0.1, -0.05) is 85.1 Å². The standard InChI is InChI=1S/C24H30ClN3O2P.C20H20ClN3O3/c1-4-5-16-31(3)30-15-14-27(2)12-13-28-20-11-7-9-18-22(20)23(26-28)17-8-6-10-19(25)21(17)24(18)29;1-23(10-11-27-12-25)8-9-24-16-7-3-5-14-18(16)19(22-24)13-4-2-6-15(21)17(13)20(14)26/h6-11,18,22H,3-5,12-16H2,1-2H3;2-7,12,14,18H,8-11H2,1H3/q+1;. The summed E-state index contributed by atoms with van der Waals surface area (Å²) < 4.78 is 10.6.